The van der Waals surface area contributed by atoms with E-state index in [1.165, 1.54) is 25.9 Å². The zero-order valence-corrected chi connectivity index (χ0v) is 10.1. The number of H-pyrrole nitrogens is 1. The van der Waals surface area contributed by atoms with Crippen molar-refractivity contribution in [1.29, 1.82) is 0 Å². The van der Waals surface area contributed by atoms with Gasteiger partial charge in [0, 0.05) is 25.7 Å². The molecule has 82 valence electrons. The zero-order valence-electron chi connectivity index (χ0n) is 8.48. The van der Waals surface area contributed by atoms with Gasteiger partial charge in [-0.05, 0) is 31.6 Å². The molecule has 0 radical (unpaired) electrons. The van der Waals surface area contributed by atoms with E-state index in [2.05, 4.69) is 20.0 Å². The summed E-state index contributed by atoms with van der Waals surface area (Å²) in [6.07, 6.45) is 2.70. The van der Waals surface area contributed by atoms with E-state index in [9.17, 15) is 0 Å². The number of aromatic nitrogens is 2. The molecule has 1 unspecified atom stereocenters. The predicted octanol–water partition coefficient (Wildman–Crippen LogP) is 1.49. The number of fused-ring (bicyclic) bond motifs is 1. The van der Waals surface area contributed by atoms with Crippen LogP contribution in [0.2, 0.25) is 0 Å². The molecule has 1 aromatic heterocycles. The van der Waals surface area contributed by atoms with Gasteiger partial charge in [-0.1, -0.05) is 11.3 Å². The van der Waals surface area contributed by atoms with Crippen molar-refractivity contribution in [3.63, 3.8) is 0 Å². The van der Waals surface area contributed by atoms with E-state index in [-0.39, 0.29) is 0 Å². The number of aromatic amines is 1. The highest BCUT2D eigenvalue weighted by atomic mass is 32.1. The van der Waals surface area contributed by atoms with Gasteiger partial charge in [0.15, 0.2) is 3.95 Å². The van der Waals surface area contributed by atoms with Crippen LogP contribution in [0.15, 0.2) is 0 Å². The lowest BCUT2D eigenvalue weighted by atomic mass is 10.2. The van der Waals surface area contributed by atoms with Crippen LogP contribution >= 0.6 is 23.6 Å². The average molecular weight is 242 g/mol. The van der Waals surface area contributed by atoms with Crippen molar-refractivity contribution >= 4 is 28.7 Å². The minimum Gasteiger partial charge on any atom is -0.344 e. The first kappa shape index (κ1) is 9.74. The lowest BCUT2D eigenvalue weighted by Crippen LogP contribution is -2.50. The Labute approximate surface area is 97.9 Å². The molecule has 2 fully saturated rings. The Bertz CT molecular complexity index is 399. The Morgan fingerprint density at radius 3 is 3.13 bits per heavy atom. The van der Waals surface area contributed by atoms with E-state index < -0.39 is 0 Å². The van der Waals surface area contributed by atoms with E-state index in [0.717, 1.165) is 28.2 Å². The van der Waals surface area contributed by atoms with Gasteiger partial charge in [-0.15, -0.1) is 5.10 Å². The van der Waals surface area contributed by atoms with Gasteiger partial charge in [-0.3, -0.25) is 10.00 Å². The van der Waals surface area contributed by atoms with E-state index in [1.807, 2.05) is 0 Å². The van der Waals surface area contributed by atoms with Gasteiger partial charge in [0.1, 0.15) is 0 Å². The standard InChI is InChI=1S/C9H14N4S2/c14-9-11-10-8(15-9)13-5-4-12-3-1-2-7(12)6-13/h7H,1-6H2,(H,11,14). The first-order chi connectivity index (χ1) is 7.33. The number of piperazine rings is 1. The SMILES string of the molecule is S=c1[nH]nc(N2CCN3CCCC3C2)s1. The third-order valence-corrected chi connectivity index (χ3v) is 4.43. The summed E-state index contributed by atoms with van der Waals surface area (Å²) in [5.41, 5.74) is 0. The van der Waals surface area contributed by atoms with Gasteiger partial charge in [0.25, 0.3) is 0 Å². The van der Waals surface area contributed by atoms with Gasteiger partial charge in [0.2, 0.25) is 5.13 Å². The Kier molecular flexibility index (Phi) is 2.50. The number of rotatable bonds is 1. The van der Waals surface area contributed by atoms with Crippen LogP contribution in [-0.4, -0.2) is 47.3 Å². The summed E-state index contributed by atoms with van der Waals surface area (Å²) in [7, 11) is 0. The predicted molar refractivity (Wildman–Crippen MR) is 64.1 cm³/mol. The molecule has 1 aromatic rings. The Balaban J connectivity index is 1.76. The quantitative estimate of drug-likeness (QED) is 0.757. The van der Waals surface area contributed by atoms with Crippen LogP contribution in [0, 0.1) is 3.95 Å². The zero-order chi connectivity index (χ0) is 10.3. The van der Waals surface area contributed by atoms with E-state index in [0.29, 0.717) is 0 Å². The summed E-state index contributed by atoms with van der Waals surface area (Å²) in [6, 6.07) is 0.747. The number of hydrogen-bond donors (Lipinski definition) is 1. The highest BCUT2D eigenvalue weighted by Crippen LogP contribution is 2.26. The molecular formula is C9H14N4S2. The largest absolute Gasteiger partial charge is 0.344 e. The van der Waals surface area contributed by atoms with Crippen molar-refractivity contribution in [2.45, 2.75) is 18.9 Å². The second-order valence-corrected chi connectivity index (χ2v) is 5.82. The summed E-state index contributed by atoms with van der Waals surface area (Å²) < 4.78 is 0.777. The topological polar surface area (TPSA) is 35.2 Å². The number of nitrogens with one attached hydrogen (secondary N) is 1. The maximum absolute atomic E-state index is 5.06. The molecule has 4 nitrogen and oxygen atoms in total. The van der Waals surface area contributed by atoms with Crippen LogP contribution in [0.5, 0.6) is 0 Å². The van der Waals surface area contributed by atoms with Gasteiger partial charge in [-0.25, -0.2) is 0 Å². The molecule has 0 aromatic carbocycles. The highest BCUT2D eigenvalue weighted by Gasteiger charge is 2.31. The maximum atomic E-state index is 5.06. The lowest BCUT2D eigenvalue weighted by molar-refractivity contribution is 0.231. The van der Waals surface area contributed by atoms with E-state index in [4.69, 9.17) is 12.2 Å². The summed E-state index contributed by atoms with van der Waals surface area (Å²) >= 11 is 6.64. The third-order valence-electron chi connectivity index (χ3n) is 3.28. The number of nitrogens with zero attached hydrogens (tertiary/aromatic N) is 3. The fourth-order valence-corrected chi connectivity index (χ4v) is 3.43. The minimum absolute atomic E-state index is 0.747. The van der Waals surface area contributed by atoms with E-state index in [1.54, 1.807) is 11.3 Å². The molecule has 0 spiro atoms. The van der Waals surface area contributed by atoms with Crippen LogP contribution < -0.4 is 4.90 Å². The molecule has 2 aliphatic rings. The first-order valence-electron chi connectivity index (χ1n) is 5.37. The average Bonchev–Trinajstić information content (AvgIpc) is 2.84. The summed E-state index contributed by atoms with van der Waals surface area (Å²) in [4.78, 5) is 4.96. The Morgan fingerprint density at radius 2 is 2.33 bits per heavy atom. The number of anilines is 1. The molecule has 0 saturated carbocycles. The van der Waals surface area contributed by atoms with Gasteiger partial charge in [0.05, 0.1) is 0 Å². The smallest absolute Gasteiger partial charge is 0.207 e. The summed E-state index contributed by atoms with van der Waals surface area (Å²) in [6.45, 7) is 4.68. The van der Waals surface area contributed by atoms with Crippen molar-refractivity contribution in [3.8, 4) is 0 Å². The van der Waals surface area contributed by atoms with Gasteiger partial charge >= 0.3 is 0 Å². The highest BCUT2D eigenvalue weighted by molar-refractivity contribution is 7.73. The molecule has 6 heteroatoms. The van der Waals surface area contributed by atoms with Gasteiger partial charge < -0.3 is 4.90 Å². The van der Waals surface area contributed by atoms with Crippen LogP contribution in [0.1, 0.15) is 12.8 Å². The minimum atomic E-state index is 0.747. The van der Waals surface area contributed by atoms with Crippen molar-refractivity contribution in [3.05, 3.63) is 3.95 Å². The van der Waals surface area contributed by atoms with Crippen molar-refractivity contribution < 1.29 is 0 Å². The molecule has 15 heavy (non-hydrogen) atoms. The molecule has 0 aliphatic carbocycles. The number of hydrogen-bond acceptors (Lipinski definition) is 5. The Hall–Kier alpha value is -0.460. The summed E-state index contributed by atoms with van der Waals surface area (Å²) in [5.74, 6) is 0. The first-order valence-corrected chi connectivity index (χ1v) is 6.60. The van der Waals surface area contributed by atoms with Crippen LogP contribution in [0.3, 0.4) is 0 Å². The van der Waals surface area contributed by atoms with Gasteiger partial charge in [-0.2, -0.15) is 0 Å². The molecule has 0 amide bonds. The summed E-state index contributed by atoms with van der Waals surface area (Å²) in [5, 5.41) is 8.17. The van der Waals surface area contributed by atoms with Crippen molar-refractivity contribution in [2.24, 2.45) is 0 Å². The van der Waals surface area contributed by atoms with E-state index >= 15 is 0 Å². The molecule has 1 N–H and O–H groups in total. The molecule has 2 aliphatic heterocycles. The van der Waals surface area contributed by atoms with Crippen molar-refractivity contribution in [1.82, 2.24) is 15.1 Å². The third kappa shape index (κ3) is 1.81. The second-order valence-electron chi connectivity index (χ2n) is 4.17. The molecule has 2 saturated heterocycles. The molecule has 3 rings (SSSR count). The van der Waals surface area contributed by atoms with Crippen molar-refractivity contribution in [2.75, 3.05) is 31.1 Å². The van der Waals surface area contributed by atoms with Crippen LogP contribution in [-0.2, 0) is 0 Å². The normalized spacial score (nSPS) is 26.9. The monoisotopic (exact) mass is 242 g/mol. The lowest BCUT2D eigenvalue weighted by Gasteiger charge is -2.37. The fraction of sp³-hybridized carbons (Fsp3) is 0.778. The second kappa shape index (κ2) is 3.84. The molecule has 0 bridgehead atoms. The molecule has 3 heterocycles. The van der Waals surface area contributed by atoms with Crippen LogP contribution in [0.25, 0.3) is 0 Å². The maximum Gasteiger partial charge on any atom is 0.207 e. The fourth-order valence-electron chi connectivity index (χ4n) is 2.52. The molecule has 1 atom stereocenters. The van der Waals surface area contributed by atoms with Crippen LogP contribution in [0.4, 0.5) is 5.13 Å². The molecular weight excluding hydrogens is 228 g/mol. The Morgan fingerprint density at radius 1 is 1.40 bits per heavy atom.